The van der Waals surface area contributed by atoms with Crippen molar-refractivity contribution in [2.75, 3.05) is 26.2 Å². The average molecular weight is 180 g/mol. The molecule has 0 unspecified atom stereocenters. The fourth-order valence-electron chi connectivity index (χ4n) is 0.639. The fraction of sp³-hybridized carbons (Fsp3) is 1.00. The van der Waals surface area contributed by atoms with Crippen LogP contribution in [0, 0.1) is 0 Å². The Morgan fingerprint density at radius 2 is 1.08 bits per heavy atom. The van der Waals surface area contributed by atoms with Gasteiger partial charge in [-0.1, -0.05) is 0 Å². The zero-order valence-electron chi connectivity index (χ0n) is 6.77. The van der Waals surface area contributed by atoms with E-state index < -0.39 is 12.6 Å². The first-order valence-corrected chi connectivity index (χ1v) is 3.76. The maximum Gasteiger partial charge on any atom is 0.164 e. The van der Waals surface area contributed by atoms with Crippen molar-refractivity contribution in [1.29, 1.82) is 0 Å². The van der Waals surface area contributed by atoms with Gasteiger partial charge < -0.3 is 31.1 Å². The zero-order valence-corrected chi connectivity index (χ0v) is 6.77. The molecule has 6 N–H and O–H groups in total. The second kappa shape index (κ2) is 7.41. The van der Waals surface area contributed by atoms with Gasteiger partial charge in [0.25, 0.3) is 0 Å². The summed E-state index contributed by atoms with van der Waals surface area (Å²) in [6.07, 6.45) is -2.68. The monoisotopic (exact) mass is 180 g/mol. The molecule has 0 saturated heterocycles. The lowest BCUT2D eigenvalue weighted by Gasteiger charge is -2.07. The fourth-order valence-corrected chi connectivity index (χ4v) is 0.639. The van der Waals surface area contributed by atoms with Gasteiger partial charge in [-0.3, -0.25) is 0 Å². The smallest absolute Gasteiger partial charge is 0.164 e. The normalized spacial score (nSPS) is 11.5. The van der Waals surface area contributed by atoms with Crippen LogP contribution >= 0.6 is 0 Å². The summed E-state index contributed by atoms with van der Waals surface area (Å²) in [6, 6.07) is 0. The summed E-state index contributed by atoms with van der Waals surface area (Å²) in [5.74, 6) is 0. The summed E-state index contributed by atoms with van der Waals surface area (Å²) in [6.45, 7) is 1.32. The quantitative estimate of drug-likeness (QED) is 0.182. The molecule has 0 atom stereocenters. The van der Waals surface area contributed by atoms with Gasteiger partial charge in [-0.2, -0.15) is 0 Å². The molecule has 0 rings (SSSR count). The first kappa shape index (κ1) is 11.8. The number of nitrogens with one attached hydrogen (secondary N) is 2. The van der Waals surface area contributed by atoms with E-state index in [4.69, 9.17) is 20.4 Å². The van der Waals surface area contributed by atoms with Gasteiger partial charge in [0.15, 0.2) is 12.6 Å². The molecular weight excluding hydrogens is 164 g/mol. The predicted molar refractivity (Wildman–Crippen MR) is 42.2 cm³/mol. The van der Waals surface area contributed by atoms with Gasteiger partial charge in [-0.05, 0) is 0 Å². The van der Waals surface area contributed by atoms with E-state index in [-0.39, 0.29) is 13.1 Å². The molecule has 0 aliphatic rings. The molecule has 0 heterocycles. The van der Waals surface area contributed by atoms with Gasteiger partial charge in [-0.25, -0.2) is 0 Å². The van der Waals surface area contributed by atoms with Crippen LogP contribution in [-0.2, 0) is 0 Å². The maximum absolute atomic E-state index is 8.39. The van der Waals surface area contributed by atoms with Crippen LogP contribution in [0.5, 0.6) is 0 Å². The lowest BCUT2D eigenvalue weighted by molar-refractivity contribution is -0.0398. The molecule has 0 aliphatic heterocycles. The molecule has 0 radical (unpaired) electrons. The van der Waals surface area contributed by atoms with Crippen molar-refractivity contribution in [3.8, 4) is 0 Å². The highest BCUT2D eigenvalue weighted by Gasteiger charge is 1.96. The van der Waals surface area contributed by atoms with Gasteiger partial charge >= 0.3 is 0 Å². The Morgan fingerprint density at radius 3 is 1.33 bits per heavy atom. The van der Waals surface area contributed by atoms with Crippen LogP contribution in [0.25, 0.3) is 0 Å². The molecule has 0 aliphatic carbocycles. The number of rotatable bonds is 7. The second-order valence-corrected chi connectivity index (χ2v) is 2.37. The summed E-state index contributed by atoms with van der Waals surface area (Å²) in [7, 11) is 0. The number of aliphatic hydroxyl groups excluding tert-OH is 2. The maximum atomic E-state index is 8.39. The van der Waals surface area contributed by atoms with Crippen LogP contribution in [0.1, 0.15) is 0 Å². The standard InChI is InChI=1S/C6H16N2O4/c9-5(10)3-7-1-2-8-4-6(11)12/h5-12H,1-4H2. The largest absolute Gasteiger partial charge is 0.367 e. The molecule has 0 aromatic heterocycles. The SMILES string of the molecule is OC(O)CNCCNCC(O)O. The summed E-state index contributed by atoms with van der Waals surface area (Å²) in [5, 5.41) is 39.0. The predicted octanol–water partition coefficient (Wildman–Crippen LogP) is -3.21. The Kier molecular flexibility index (Phi) is 7.26. The third-order valence-corrected chi connectivity index (χ3v) is 1.13. The Bertz CT molecular complexity index is 87.5. The van der Waals surface area contributed by atoms with E-state index in [1.54, 1.807) is 0 Å². The van der Waals surface area contributed by atoms with Crippen LogP contribution in [0.4, 0.5) is 0 Å². The highest BCUT2D eigenvalue weighted by Crippen LogP contribution is 1.70. The van der Waals surface area contributed by atoms with Gasteiger partial charge in [0.05, 0.1) is 0 Å². The van der Waals surface area contributed by atoms with Crippen molar-refractivity contribution in [1.82, 2.24) is 10.6 Å². The molecular formula is C6H16N2O4. The minimum atomic E-state index is -1.34. The minimum absolute atomic E-state index is 0.114. The van der Waals surface area contributed by atoms with Gasteiger partial charge in [0, 0.05) is 26.2 Å². The Labute approximate surface area is 70.8 Å². The molecule has 0 fully saturated rings. The second-order valence-electron chi connectivity index (χ2n) is 2.37. The lowest BCUT2D eigenvalue weighted by Crippen LogP contribution is -2.35. The molecule has 0 spiro atoms. The van der Waals surface area contributed by atoms with Gasteiger partial charge in [0.1, 0.15) is 0 Å². The van der Waals surface area contributed by atoms with Crippen LogP contribution in [0.3, 0.4) is 0 Å². The summed E-state index contributed by atoms with van der Waals surface area (Å²) < 4.78 is 0. The molecule has 6 nitrogen and oxygen atoms in total. The molecule has 0 aromatic rings. The third-order valence-electron chi connectivity index (χ3n) is 1.13. The van der Waals surface area contributed by atoms with E-state index in [0.717, 1.165) is 0 Å². The summed E-state index contributed by atoms with van der Waals surface area (Å²) in [5.41, 5.74) is 0. The van der Waals surface area contributed by atoms with Crippen molar-refractivity contribution in [3.05, 3.63) is 0 Å². The van der Waals surface area contributed by atoms with Crippen molar-refractivity contribution in [2.24, 2.45) is 0 Å². The minimum Gasteiger partial charge on any atom is -0.367 e. The summed E-state index contributed by atoms with van der Waals surface area (Å²) in [4.78, 5) is 0. The third kappa shape index (κ3) is 9.76. The van der Waals surface area contributed by atoms with Gasteiger partial charge in [0.2, 0.25) is 0 Å². The molecule has 0 amide bonds. The molecule has 74 valence electrons. The van der Waals surface area contributed by atoms with E-state index in [9.17, 15) is 0 Å². The van der Waals surface area contributed by atoms with Crippen molar-refractivity contribution in [3.63, 3.8) is 0 Å². The van der Waals surface area contributed by atoms with Crippen LogP contribution in [0.2, 0.25) is 0 Å². The zero-order chi connectivity index (χ0) is 9.40. The molecule has 0 saturated carbocycles. The highest BCUT2D eigenvalue weighted by atomic mass is 16.5. The lowest BCUT2D eigenvalue weighted by atomic mass is 10.5. The van der Waals surface area contributed by atoms with Crippen molar-refractivity contribution >= 4 is 0 Å². The Balaban J connectivity index is 2.91. The topological polar surface area (TPSA) is 105 Å². The molecule has 0 aromatic carbocycles. The Morgan fingerprint density at radius 1 is 0.750 bits per heavy atom. The Hall–Kier alpha value is -0.240. The average Bonchev–Trinajstić information content (AvgIpc) is 1.95. The van der Waals surface area contributed by atoms with E-state index in [1.165, 1.54) is 0 Å². The number of hydrogen-bond acceptors (Lipinski definition) is 6. The van der Waals surface area contributed by atoms with Crippen molar-refractivity contribution in [2.45, 2.75) is 12.6 Å². The molecule has 0 bridgehead atoms. The van der Waals surface area contributed by atoms with Crippen molar-refractivity contribution < 1.29 is 20.4 Å². The first-order chi connectivity index (χ1) is 5.63. The van der Waals surface area contributed by atoms with Crippen LogP contribution in [0.15, 0.2) is 0 Å². The van der Waals surface area contributed by atoms with E-state index in [1.807, 2.05) is 0 Å². The van der Waals surface area contributed by atoms with Crippen LogP contribution < -0.4 is 10.6 Å². The van der Waals surface area contributed by atoms with E-state index >= 15 is 0 Å². The van der Waals surface area contributed by atoms with Gasteiger partial charge in [-0.15, -0.1) is 0 Å². The van der Waals surface area contributed by atoms with Crippen LogP contribution in [-0.4, -0.2) is 59.2 Å². The first-order valence-electron chi connectivity index (χ1n) is 3.76. The number of hydrogen-bond donors (Lipinski definition) is 6. The number of aliphatic hydroxyl groups is 4. The highest BCUT2D eigenvalue weighted by molar-refractivity contribution is 4.52. The van der Waals surface area contributed by atoms with E-state index in [0.29, 0.717) is 13.1 Å². The molecule has 6 heteroatoms. The van der Waals surface area contributed by atoms with E-state index in [2.05, 4.69) is 10.6 Å². The molecule has 12 heavy (non-hydrogen) atoms. The summed E-state index contributed by atoms with van der Waals surface area (Å²) >= 11 is 0.